The van der Waals surface area contributed by atoms with Crippen LogP contribution in [0.4, 0.5) is 25.8 Å². The highest BCUT2D eigenvalue weighted by molar-refractivity contribution is 7.92. The Kier molecular flexibility index (Phi) is 10.7. The van der Waals surface area contributed by atoms with Crippen LogP contribution >= 0.6 is 0 Å². The number of halogens is 2. The first kappa shape index (κ1) is 32.8. The number of nitrogens with two attached hydrogens (primary N) is 3. The number of hydrogen-bond donors (Lipinski definition) is 5. The number of rotatable bonds is 12. The van der Waals surface area contributed by atoms with Gasteiger partial charge in [0, 0.05) is 30.1 Å². The van der Waals surface area contributed by atoms with Gasteiger partial charge in [-0.15, -0.1) is 0 Å². The highest BCUT2D eigenvalue weighted by atomic mass is 32.2. The van der Waals surface area contributed by atoms with Crippen molar-refractivity contribution in [3.8, 4) is 0 Å². The maximum atomic E-state index is 15.0. The van der Waals surface area contributed by atoms with E-state index in [0.717, 1.165) is 0 Å². The predicted octanol–water partition coefficient (Wildman–Crippen LogP) is 3.53. The summed E-state index contributed by atoms with van der Waals surface area (Å²) in [5, 5.41) is 3.59. The number of benzene rings is 3. The zero-order valence-corrected chi connectivity index (χ0v) is 24.6. The molecule has 0 aliphatic carbocycles. The number of carbonyl (C=O) groups excluding carboxylic acids is 2. The Balaban J connectivity index is 1.80. The van der Waals surface area contributed by atoms with Crippen molar-refractivity contribution in [3.63, 3.8) is 0 Å². The van der Waals surface area contributed by atoms with E-state index in [2.05, 4.69) is 5.32 Å². The minimum atomic E-state index is -4.36. The van der Waals surface area contributed by atoms with Crippen LogP contribution in [-0.2, 0) is 26.0 Å². The Morgan fingerprint density at radius 2 is 1.65 bits per heavy atom. The van der Waals surface area contributed by atoms with Gasteiger partial charge in [-0.1, -0.05) is 19.1 Å². The number of sulfonamides is 1. The van der Waals surface area contributed by atoms with E-state index in [1.807, 2.05) is 11.6 Å². The van der Waals surface area contributed by atoms with Crippen LogP contribution in [0, 0.1) is 11.6 Å². The maximum absolute atomic E-state index is 15.0. The molecule has 230 valence electrons. The third-order valence-electron chi connectivity index (χ3n) is 6.07. The molecule has 1 atom stereocenters. The molecule has 0 fully saturated rings. The van der Waals surface area contributed by atoms with Gasteiger partial charge in [-0.05, 0) is 68.3 Å². The molecule has 3 aromatic rings. The van der Waals surface area contributed by atoms with E-state index in [4.69, 9.17) is 22.0 Å². The smallest absolute Gasteiger partial charge is 0.329 e. The first-order chi connectivity index (χ1) is 20.2. The van der Waals surface area contributed by atoms with Gasteiger partial charge >= 0.3 is 5.97 Å². The van der Waals surface area contributed by atoms with Crippen molar-refractivity contribution in [2.75, 3.05) is 15.5 Å². The summed E-state index contributed by atoms with van der Waals surface area (Å²) >= 11 is 0. The third kappa shape index (κ3) is 8.90. The van der Waals surface area contributed by atoms with Crippen LogP contribution in [0.5, 0.6) is 0 Å². The molecule has 8 N–H and O–H groups in total. The number of nitrogens with zero attached hydrogens (tertiary/aromatic N) is 1. The van der Waals surface area contributed by atoms with Gasteiger partial charge in [0.2, 0.25) is 0 Å². The zero-order valence-electron chi connectivity index (χ0n) is 23.8. The predicted molar refractivity (Wildman–Crippen MR) is 160 cm³/mol. The Hall–Kier alpha value is -4.69. The van der Waals surface area contributed by atoms with Gasteiger partial charge in [0.15, 0.2) is 0 Å². The number of nitrogen functional groups attached to an aromatic ring is 1. The molecule has 0 bridgehead atoms. The zero-order chi connectivity index (χ0) is 31.9. The third-order valence-corrected chi connectivity index (χ3v) is 7.45. The topological polar surface area (TPSA) is 183 Å². The van der Waals surface area contributed by atoms with Crippen LogP contribution in [0.2, 0.25) is 0 Å². The lowest BCUT2D eigenvalue weighted by Crippen LogP contribution is -2.44. The summed E-state index contributed by atoms with van der Waals surface area (Å²) in [5.41, 5.74) is 12.0. The fourth-order valence-electron chi connectivity index (χ4n) is 3.78. The van der Waals surface area contributed by atoms with Gasteiger partial charge in [0.05, 0.1) is 27.9 Å². The molecule has 0 heterocycles. The van der Waals surface area contributed by atoms with Crippen LogP contribution in [0.15, 0.2) is 77.5 Å². The van der Waals surface area contributed by atoms with Gasteiger partial charge < -0.3 is 21.5 Å². The summed E-state index contributed by atoms with van der Waals surface area (Å²) in [5.74, 6) is 1.57. The SMILES string of the molecule is CC/C(N)=C/N(N)c1ccc(S(=O)(=O)Nc2cc(F)c(C(=O)N[C@@H](Cc3ccc(N)cc3)C(=O)OC(C)C)cc2F)cc1. The van der Waals surface area contributed by atoms with E-state index in [0.29, 0.717) is 41.2 Å². The molecule has 43 heavy (non-hydrogen) atoms. The maximum Gasteiger partial charge on any atom is 0.329 e. The average Bonchev–Trinajstić information content (AvgIpc) is 2.94. The van der Waals surface area contributed by atoms with E-state index in [1.54, 1.807) is 38.1 Å². The lowest BCUT2D eigenvalue weighted by Gasteiger charge is -2.20. The number of ether oxygens (including phenoxy) is 1. The number of hydrazine groups is 1. The molecule has 0 aliphatic rings. The highest BCUT2D eigenvalue weighted by Gasteiger charge is 2.27. The summed E-state index contributed by atoms with van der Waals surface area (Å²) in [4.78, 5) is 25.4. The van der Waals surface area contributed by atoms with Crippen molar-refractivity contribution in [2.45, 2.75) is 50.7 Å². The normalized spacial score (nSPS) is 12.5. The number of anilines is 3. The van der Waals surface area contributed by atoms with Gasteiger partial charge in [0.25, 0.3) is 15.9 Å². The van der Waals surface area contributed by atoms with Crippen LogP contribution in [0.3, 0.4) is 0 Å². The number of nitrogens with one attached hydrogen (secondary N) is 2. The number of carbonyl (C=O) groups is 2. The fourth-order valence-corrected chi connectivity index (χ4v) is 4.84. The molecular formula is C29H34F2N6O5S. The van der Waals surface area contributed by atoms with Crippen molar-refractivity contribution in [2.24, 2.45) is 11.6 Å². The minimum absolute atomic E-state index is 0.0114. The molecule has 0 unspecified atom stereocenters. The fraction of sp³-hybridized carbons (Fsp3) is 0.241. The second-order valence-electron chi connectivity index (χ2n) is 9.83. The Morgan fingerprint density at radius 3 is 2.23 bits per heavy atom. The molecule has 14 heteroatoms. The summed E-state index contributed by atoms with van der Waals surface area (Å²) < 4.78 is 63.0. The van der Waals surface area contributed by atoms with E-state index in [9.17, 15) is 22.4 Å². The van der Waals surface area contributed by atoms with Crippen molar-refractivity contribution < 1.29 is 31.5 Å². The largest absolute Gasteiger partial charge is 0.461 e. The first-order valence-electron chi connectivity index (χ1n) is 13.2. The lowest BCUT2D eigenvalue weighted by atomic mass is 10.0. The molecule has 0 aromatic heterocycles. The average molecular weight is 617 g/mol. The molecular weight excluding hydrogens is 582 g/mol. The molecule has 0 spiro atoms. The van der Waals surface area contributed by atoms with E-state index in [-0.39, 0.29) is 11.3 Å². The van der Waals surface area contributed by atoms with Crippen molar-refractivity contribution >= 4 is 39.0 Å². The Labute approximate surface area is 248 Å². The highest BCUT2D eigenvalue weighted by Crippen LogP contribution is 2.24. The van der Waals surface area contributed by atoms with E-state index in [1.165, 1.54) is 35.5 Å². The lowest BCUT2D eigenvalue weighted by molar-refractivity contribution is -0.149. The van der Waals surface area contributed by atoms with Crippen molar-refractivity contribution in [1.29, 1.82) is 0 Å². The summed E-state index contributed by atoms with van der Waals surface area (Å²) in [7, 11) is -4.36. The van der Waals surface area contributed by atoms with Gasteiger partial charge in [-0.3, -0.25) is 14.5 Å². The Morgan fingerprint density at radius 1 is 1.02 bits per heavy atom. The number of allylic oxidation sites excluding steroid dienone is 1. The minimum Gasteiger partial charge on any atom is -0.461 e. The molecule has 11 nitrogen and oxygen atoms in total. The van der Waals surface area contributed by atoms with Gasteiger partial charge in [-0.25, -0.2) is 27.8 Å². The molecule has 0 radical (unpaired) electrons. The van der Waals surface area contributed by atoms with Crippen LogP contribution in [0.1, 0.15) is 43.1 Å². The second kappa shape index (κ2) is 14.0. The van der Waals surface area contributed by atoms with Crippen molar-refractivity contribution in [1.82, 2.24) is 5.32 Å². The van der Waals surface area contributed by atoms with Crippen LogP contribution in [0.25, 0.3) is 0 Å². The molecule has 0 saturated carbocycles. The van der Waals surface area contributed by atoms with Crippen LogP contribution in [-0.4, -0.2) is 32.4 Å². The summed E-state index contributed by atoms with van der Waals surface area (Å²) in [6.07, 6.45) is 1.52. The Bertz CT molecular complexity index is 1600. The van der Waals surface area contributed by atoms with Crippen molar-refractivity contribution in [3.05, 3.63) is 95.3 Å². The van der Waals surface area contributed by atoms with Crippen LogP contribution < -0.4 is 32.4 Å². The van der Waals surface area contributed by atoms with E-state index < -0.39 is 56.9 Å². The summed E-state index contributed by atoms with van der Waals surface area (Å²) in [6.45, 7) is 5.08. The number of esters is 1. The number of hydrogen-bond acceptors (Lipinski definition) is 9. The molecule has 0 aliphatic heterocycles. The molecule has 1 amide bonds. The first-order valence-corrected chi connectivity index (χ1v) is 14.7. The monoisotopic (exact) mass is 616 g/mol. The van der Waals surface area contributed by atoms with Gasteiger partial charge in [0.1, 0.15) is 17.7 Å². The van der Waals surface area contributed by atoms with E-state index >= 15 is 4.39 Å². The second-order valence-corrected chi connectivity index (χ2v) is 11.5. The summed E-state index contributed by atoms with van der Waals surface area (Å²) in [6, 6.07) is 11.6. The number of amides is 1. The molecule has 0 saturated heterocycles. The quantitative estimate of drug-likeness (QED) is 0.0879. The van der Waals surface area contributed by atoms with Gasteiger partial charge in [-0.2, -0.15) is 0 Å². The molecule has 3 aromatic carbocycles. The molecule has 3 rings (SSSR count). The standard InChI is InChI=1S/C29H34F2N6O5S/c1-4-19(32)16-37(34)21-9-11-22(12-10-21)43(40,41)36-26-15-24(30)23(14-25(26)31)28(38)35-27(29(39)42-17(2)3)13-18-5-7-20(33)8-6-18/h5-12,14-17,27,36H,4,13,32-34H2,1-3H3,(H,35,38)/b19-16-/t27-/m0/s1.